The van der Waals surface area contributed by atoms with Crippen LogP contribution in [0.15, 0.2) is 30.4 Å². The minimum Gasteiger partial charge on any atom is -0.497 e. The molecule has 0 aliphatic carbocycles. The van der Waals surface area contributed by atoms with Crippen LogP contribution >= 0.6 is 0 Å². The Morgan fingerprint density at radius 3 is 2.61 bits per heavy atom. The van der Waals surface area contributed by atoms with Crippen LogP contribution in [0.5, 0.6) is 11.5 Å². The van der Waals surface area contributed by atoms with E-state index < -0.39 is 5.97 Å². The van der Waals surface area contributed by atoms with Crippen LogP contribution in [0.3, 0.4) is 0 Å². The number of rotatable bonds is 6. The number of hydrogen-bond donors (Lipinski definition) is 2. The van der Waals surface area contributed by atoms with E-state index in [1.54, 1.807) is 39.5 Å². The van der Waals surface area contributed by atoms with Crippen molar-refractivity contribution in [2.75, 3.05) is 21.3 Å². The van der Waals surface area contributed by atoms with Gasteiger partial charge in [-0.2, -0.15) is 0 Å². The maximum Gasteiger partial charge on any atom is 0.328 e. The zero-order chi connectivity index (χ0) is 13.5. The SMILES string of the molecule is CNC(/C=C/C(=O)O)c1cc(OC)ccc1OC. The van der Waals surface area contributed by atoms with Gasteiger partial charge in [0, 0.05) is 11.6 Å². The third kappa shape index (κ3) is 3.49. The first-order valence-corrected chi connectivity index (χ1v) is 5.42. The van der Waals surface area contributed by atoms with E-state index in [1.165, 1.54) is 0 Å². The third-order valence-corrected chi connectivity index (χ3v) is 2.51. The topological polar surface area (TPSA) is 67.8 Å². The fourth-order valence-corrected chi connectivity index (χ4v) is 1.62. The molecule has 0 radical (unpaired) electrons. The largest absolute Gasteiger partial charge is 0.497 e. The lowest BCUT2D eigenvalue weighted by Crippen LogP contribution is -2.15. The first kappa shape index (κ1) is 14.1. The summed E-state index contributed by atoms with van der Waals surface area (Å²) in [6.45, 7) is 0. The van der Waals surface area contributed by atoms with Gasteiger partial charge in [-0.25, -0.2) is 4.79 Å². The van der Waals surface area contributed by atoms with Crippen LogP contribution in [-0.2, 0) is 4.79 Å². The molecule has 0 spiro atoms. The Morgan fingerprint density at radius 1 is 1.39 bits per heavy atom. The normalized spacial score (nSPS) is 12.4. The summed E-state index contributed by atoms with van der Waals surface area (Å²) in [7, 11) is 4.89. The fraction of sp³-hybridized carbons (Fsp3) is 0.308. The van der Waals surface area contributed by atoms with Gasteiger partial charge in [0.05, 0.1) is 20.3 Å². The van der Waals surface area contributed by atoms with Gasteiger partial charge >= 0.3 is 5.97 Å². The van der Waals surface area contributed by atoms with Gasteiger partial charge in [-0.1, -0.05) is 6.08 Å². The van der Waals surface area contributed by atoms with Crippen molar-refractivity contribution in [1.29, 1.82) is 0 Å². The number of methoxy groups -OCH3 is 2. The molecule has 5 heteroatoms. The van der Waals surface area contributed by atoms with Crippen molar-refractivity contribution in [1.82, 2.24) is 5.32 Å². The fourth-order valence-electron chi connectivity index (χ4n) is 1.62. The minimum atomic E-state index is -0.989. The summed E-state index contributed by atoms with van der Waals surface area (Å²) in [6, 6.07) is 5.13. The van der Waals surface area contributed by atoms with E-state index in [1.807, 2.05) is 6.07 Å². The summed E-state index contributed by atoms with van der Waals surface area (Å²) in [5.41, 5.74) is 0.817. The lowest BCUT2D eigenvalue weighted by molar-refractivity contribution is -0.131. The van der Waals surface area contributed by atoms with Crippen molar-refractivity contribution in [2.24, 2.45) is 0 Å². The van der Waals surface area contributed by atoms with Gasteiger partial charge in [0.25, 0.3) is 0 Å². The van der Waals surface area contributed by atoms with Gasteiger partial charge < -0.3 is 19.9 Å². The van der Waals surface area contributed by atoms with Gasteiger partial charge in [0.2, 0.25) is 0 Å². The van der Waals surface area contributed by atoms with Crippen LogP contribution in [0.1, 0.15) is 11.6 Å². The zero-order valence-electron chi connectivity index (χ0n) is 10.6. The molecular weight excluding hydrogens is 234 g/mol. The van der Waals surface area contributed by atoms with Gasteiger partial charge in [-0.05, 0) is 25.2 Å². The number of hydrogen-bond acceptors (Lipinski definition) is 4. The Kier molecular flexibility index (Phi) is 5.20. The lowest BCUT2D eigenvalue weighted by Gasteiger charge is -2.16. The second-order valence-corrected chi connectivity index (χ2v) is 3.57. The van der Waals surface area contributed by atoms with Crippen molar-refractivity contribution in [3.05, 3.63) is 35.9 Å². The van der Waals surface area contributed by atoms with E-state index in [4.69, 9.17) is 14.6 Å². The second-order valence-electron chi connectivity index (χ2n) is 3.57. The summed E-state index contributed by atoms with van der Waals surface area (Å²) in [4.78, 5) is 10.6. The number of nitrogens with one attached hydrogen (secondary N) is 1. The average molecular weight is 251 g/mol. The molecule has 5 nitrogen and oxygen atoms in total. The second kappa shape index (κ2) is 6.66. The predicted octanol–water partition coefficient (Wildman–Crippen LogP) is 1.61. The molecule has 0 amide bonds. The molecule has 0 aliphatic rings. The average Bonchev–Trinajstić information content (AvgIpc) is 2.38. The Labute approximate surface area is 106 Å². The molecule has 1 aromatic rings. The Morgan fingerprint density at radius 2 is 2.11 bits per heavy atom. The maximum absolute atomic E-state index is 10.6. The highest BCUT2D eigenvalue weighted by molar-refractivity contribution is 5.79. The Bertz CT molecular complexity index is 443. The molecule has 18 heavy (non-hydrogen) atoms. The minimum absolute atomic E-state index is 0.258. The van der Waals surface area contributed by atoms with Crippen molar-refractivity contribution >= 4 is 5.97 Å². The van der Waals surface area contributed by atoms with Crippen LogP contribution in [0, 0.1) is 0 Å². The van der Waals surface area contributed by atoms with E-state index in [-0.39, 0.29) is 6.04 Å². The number of carbonyl (C=O) groups is 1. The molecule has 1 rings (SSSR count). The highest BCUT2D eigenvalue weighted by Crippen LogP contribution is 2.29. The van der Waals surface area contributed by atoms with Crippen LogP contribution in [0.4, 0.5) is 0 Å². The van der Waals surface area contributed by atoms with Crippen molar-refractivity contribution in [2.45, 2.75) is 6.04 Å². The molecule has 0 aliphatic heterocycles. The predicted molar refractivity (Wildman–Crippen MR) is 68.1 cm³/mol. The molecule has 0 bridgehead atoms. The first-order chi connectivity index (χ1) is 8.62. The number of ether oxygens (including phenoxy) is 2. The summed E-state index contributed by atoms with van der Waals surface area (Å²) in [6.07, 6.45) is 2.65. The Balaban J connectivity index is 3.13. The molecule has 1 atom stereocenters. The monoisotopic (exact) mass is 251 g/mol. The number of likely N-dealkylation sites (N-methyl/N-ethyl adjacent to an activating group) is 1. The summed E-state index contributed by atoms with van der Waals surface area (Å²) >= 11 is 0. The standard InChI is InChI=1S/C13H17NO4/c1-14-11(5-7-13(15)16)10-8-9(17-2)4-6-12(10)18-3/h4-8,11,14H,1-3H3,(H,15,16)/b7-5+. The van der Waals surface area contributed by atoms with Gasteiger partial charge in [-0.15, -0.1) is 0 Å². The molecule has 1 aromatic carbocycles. The summed E-state index contributed by atoms with van der Waals surface area (Å²) < 4.78 is 10.4. The van der Waals surface area contributed by atoms with Gasteiger partial charge in [-0.3, -0.25) is 0 Å². The highest BCUT2D eigenvalue weighted by Gasteiger charge is 2.13. The molecule has 2 N–H and O–H groups in total. The molecule has 0 fully saturated rings. The number of carboxylic acids is 1. The van der Waals surface area contributed by atoms with Crippen LogP contribution in [-0.4, -0.2) is 32.3 Å². The van der Waals surface area contributed by atoms with E-state index in [0.717, 1.165) is 11.6 Å². The maximum atomic E-state index is 10.6. The molecular formula is C13H17NO4. The molecule has 0 saturated carbocycles. The van der Waals surface area contributed by atoms with E-state index in [0.29, 0.717) is 11.5 Å². The van der Waals surface area contributed by atoms with Gasteiger partial charge in [0.1, 0.15) is 11.5 Å². The quantitative estimate of drug-likeness (QED) is 0.752. The Hall–Kier alpha value is -2.01. The molecule has 0 heterocycles. The lowest BCUT2D eigenvalue weighted by atomic mass is 10.0. The zero-order valence-corrected chi connectivity index (χ0v) is 10.6. The number of aliphatic carboxylic acids is 1. The molecule has 0 aromatic heterocycles. The molecule has 1 unspecified atom stereocenters. The van der Waals surface area contributed by atoms with Crippen LogP contribution in [0.25, 0.3) is 0 Å². The van der Waals surface area contributed by atoms with Crippen LogP contribution in [0.2, 0.25) is 0 Å². The number of carboxylic acid groups (broad SMARTS) is 1. The van der Waals surface area contributed by atoms with Crippen molar-refractivity contribution in [3.8, 4) is 11.5 Å². The number of benzene rings is 1. The first-order valence-electron chi connectivity index (χ1n) is 5.42. The van der Waals surface area contributed by atoms with Crippen LogP contribution < -0.4 is 14.8 Å². The molecule has 0 saturated heterocycles. The van der Waals surface area contributed by atoms with E-state index >= 15 is 0 Å². The molecule has 98 valence electrons. The smallest absolute Gasteiger partial charge is 0.328 e. The summed E-state index contributed by atoms with van der Waals surface area (Å²) in [5.74, 6) is 0.372. The van der Waals surface area contributed by atoms with Crippen molar-refractivity contribution < 1.29 is 19.4 Å². The third-order valence-electron chi connectivity index (χ3n) is 2.51. The van der Waals surface area contributed by atoms with Gasteiger partial charge in [0.15, 0.2) is 0 Å². The summed E-state index contributed by atoms with van der Waals surface area (Å²) in [5, 5.41) is 11.7. The van der Waals surface area contributed by atoms with E-state index in [9.17, 15) is 4.79 Å². The van der Waals surface area contributed by atoms with E-state index in [2.05, 4.69) is 5.32 Å². The highest BCUT2D eigenvalue weighted by atomic mass is 16.5. The van der Waals surface area contributed by atoms with Crippen molar-refractivity contribution in [3.63, 3.8) is 0 Å².